The van der Waals surface area contributed by atoms with Crippen molar-refractivity contribution in [3.63, 3.8) is 0 Å². The second kappa shape index (κ2) is 4.64. The Morgan fingerprint density at radius 2 is 2.11 bits per heavy atom. The molecule has 0 aliphatic rings. The van der Waals surface area contributed by atoms with Gasteiger partial charge in [-0.2, -0.15) is 0 Å². The quantitative estimate of drug-likeness (QED) is 0.904. The van der Waals surface area contributed by atoms with Crippen molar-refractivity contribution in [1.82, 2.24) is 9.38 Å². The number of nitrogens with zero attached hydrogens (tertiary/aromatic N) is 2. The summed E-state index contributed by atoms with van der Waals surface area (Å²) in [4.78, 5) is 16.2. The molecule has 0 bridgehead atoms. The average molecular weight is 263 g/mol. The highest BCUT2D eigenvalue weighted by Crippen LogP contribution is 2.21. The fourth-order valence-electron chi connectivity index (χ4n) is 1.91. The molecule has 2 aromatic heterocycles. The molecule has 2 rings (SSSR count). The van der Waals surface area contributed by atoms with Crippen molar-refractivity contribution >= 4 is 17.4 Å². The van der Waals surface area contributed by atoms with Crippen molar-refractivity contribution in [1.29, 1.82) is 0 Å². The van der Waals surface area contributed by atoms with Gasteiger partial charge in [0.25, 0.3) is 0 Å². The van der Waals surface area contributed by atoms with E-state index < -0.39 is 0 Å². The van der Waals surface area contributed by atoms with Gasteiger partial charge >= 0.3 is 0 Å². The first-order valence-electron chi connectivity index (χ1n) is 6.20. The SMILES string of the molecule is Cc1c(NC(=O)CC(C)(C)C)nc2ccc(F)cn12. The number of imidazole rings is 1. The molecule has 19 heavy (non-hydrogen) atoms. The molecule has 1 amide bonds. The number of hydrogen-bond donors (Lipinski definition) is 1. The van der Waals surface area contributed by atoms with Gasteiger partial charge in [-0.25, -0.2) is 9.37 Å². The van der Waals surface area contributed by atoms with E-state index in [1.807, 2.05) is 20.8 Å². The zero-order valence-corrected chi connectivity index (χ0v) is 11.6. The molecular weight excluding hydrogens is 245 g/mol. The van der Waals surface area contributed by atoms with Gasteiger partial charge in [-0.1, -0.05) is 20.8 Å². The molecule has 0 aliphatic carbocycles. The van der Waals surface area contributed by atoms with E-state index in [9.17, 15) is 9.18 Å². The third kappa shape index (κ3) is 3.10. The minimum atomic E-state index is -0.333. The first kappa shape index (κ1) is 13.5. The minimum absolute atomic E-state index is 0.0801. The summed E-state index contributed by atoms with van der Waals surface area (Å²) in [6, 6.07) is 2.93. The first-order chi connectivity index (χ1) is 8.76. The Morgan fingerprint density at radius 1 is 1.42 bits per heavy atom. The van der Waals surface area contributed by atoms with Crippen LogP contribution in [0.1, 0.15) is 32.9 Å². The van der Waals surface area contributed by atoms with Crippen LogP contribution in [0, 0.1) is 18.2 Å². The summed E-state index contributed by atoms with van der Waals surface area (Å²) in [7, 11) is 0. The van der Waals surface area contributed by atoms with Crippen LogP contribution in [0.3, 0.4) is 0 Å². The molecule has 102 valence electrons. The Kier molecular flexibility index (Phi) is 3.30. The molecule has 2 heterocycles. The summed E-state index contributed by atoms with van der Waals surface area (Å²) >= 11 is 0. The molecule has 0 unspecified atom stereocenters. The zero-order valence-electron chi connectivity index (χ0n) is 11.6. The van der Waals surface area contributed by atoms with E-state index in [2.05, 4.69) is 10.3 Å². The lowest BCUT2D eigenvalue weighted by Gasteiger charge is -2.16. The maximum Gasteiger partial charge on any atom is 0.226 e. The molecule has 0 radical (unpaired) electrons. The average Bonchev–Trinajstić information content (AvgIpc) is 2.54. The van der Waals surface area contributed by atoms with Gasteiger partial charge in [-0.3, -0.25) is 9.20 Å². The molecule has 5 heteroatoms. The highest BCUT2D eigenvalue weighted by molar-refractivity contribution is 5.91. The Hall–Kier alpha value is -1.91. The van der Waals surface area contributed by atoms with Gasteiger partial charge in [0.1, 0.15) is 11.5 Å². The fourth-order valence-corrected chi connectivity index (χ4v) is 1.91. The number of anilines is 1. The summed E-state index contributed by atoms with van der Waals surface area (Å²) in [5.74, 6) is 0.0693. The molecule has 1 N–H and O–H groups in total. The number of aryl methyl sites for hydroxylation is 1. The van der Waals surface area contributed by atoms with Gasteiger partial charge in [0.15, 0.2) is 5.82 Å². The topological polar surface area (TPSA) is 46.4 Å². The third-order valence-corrected chi connectivity index (χ3v) is 2.77. The van der Waals surface area contributed by atoms with E-state index >= 15 is 0 Å². The van der Waals surface area contributed by atoms with Crippen LogP contribution in [0.2, 0.25) is 0 Å². The smallest absolute Gasteiger partial charge is 0.226 e. The predicted octanol–water partition coefficient (Wildman–Crippen LogP) is 3.16. The number of nitrogens with one attached hydrogen (secondary N) is 1. The second-order valence-corrected chi connectivity index (χ2v) is 5.91. The molecule has 0 fully saturated rings. The number of hydrogen-bond acceptors (Lipinski definition) is 2. The normalized spacial score (nSPS) is 11.8. The van der Waals surface area contributed by atoms with Gasteiger partial charge in [-0.15, -0.1) is 0 Å². The number of carbonyl (C=O) groups excluding carboxylic acids is 1. The Morgan fingerprint density at radius 3 is 2.74 bits per heavy atom. The van der Waals surface area contributed by atoms with Crippen molar-refractivity contribution in [2.24, 2.45) is 5.41 Å². The predicted molar refractivity (Wildman–Crippen MR) is 72.6 cm³/mol. The molecular formula is C14H18FN3O. The Bertz CT molecular complexity index is 625. The summed E-state index contributed by atoms with van der Waals surface area (Å²) < 4.78 is 14.8. The van der Waals surface area contributed by atoms with E-state index in [0.29, 0.717) is 17.9 Å². The Balaban J connectivity index is 2.26. The number of rotatable bonds is 2. The van der Waals surface area contributed by atoms with E-state index in [1.165, 1.54) is 12.3 Å². The Labute approximate surface area is 111 Å². The molecule has 0 spiro atoms. The zero-order chi connectivity index (χ0) is 14.2. The number of aromatic nitrogens is 2. The number of amides is 1. The van der Waals surface area contributed by atoms with Crippen molar-refractivity contribution in [2.75, 3.05) is 5.32 Å². The van der Waals surface area contributed by atoms with E-state index in [4.69, 9.17) is 0 Å². The van der Waals surface area contributed by atoms with Gasteiger partial charge in [0.2, 0.25) is 5.91 Å². The van der Waals surface area contributed by atoms with Crippen LogP contribution >= 0.6 is 0 Å². The van der Waals surface area contributed by atoms with Crippen LogP contribution in [-0.4, -0.2) is 15.3 Å². The summed E-state index contributed by atoms with van der Waals surface area (Å²) in [6.45, 7) is 7.79. The maximum absolute atomic E-state index is 13.2. The molecule has 0 atom stereocenters. The van der Waals surface area contributed by atoms with Gasteiger partial charge in [0.05, 0.1) is 5.69 Å². The lowest BCUT2D eigenvalue weighted by molar-refractivity contribution is -0.117. The van der Waals surface area contributed by atoms with Crippen molar-refractivity contribution < 1.29 is 9.18 Å². The minimum Gasteiger partial charge on any atom is -0.309 e. The molecule has 4 nitrogen and oxygen atoms in total. The van der Waals surface area contributed by atoms with Gasteiger partial charge < -0.3 is 5.32 Å². The largest absolute Gasteiger partial charge is 0.309 e. The van der Waals surface area contributed by atoms with Crippen LogP contribution < -0.4 is 5.32 Å². The van der Waals surface area contributed by atoms with Crippen LogP contribution in [-0.2, 0) is 4.79 Å². The van der Waals surface area contributed by atoms with Crippen molar-refractivity contribution in [3.8, 4) is 0 Å². The van der Waals surface area contributed by atoms with E-state index in [1.54, 1.807) is 17.4 Å². The summed E-state index contributed by atoms with van der Waals surface area (Å²) in [5, 5.41) is 2.78. The number of pyridine rings is 1. The lowest BCUT2D eigenvalue weighted by Crippen LogP contribution is -2.20. The highest BCUT2D eigenvalue weighted by Gasteiger charge is 2.18. The van der Waals surface area contributed by atoms with Crippen LogP contribution in [0.15, 0.2) is 18.3 Å². The van der Waals surface area contributed by atoms with Crippen LogP contribution in [0.25, 0.3) is 5.65 Å². The second-order valence-electron chi connectivity index (χ2n) is 5.91. The molecule has 0 saturated heterocycles. The highest BCUT2D eigenvalue weighted by atomic mass is 19.1. The standard InChI is InChI=1S/C14H18FN3O/c1-9-13(17-12(19)7-14(2,3)4)16-11-6-5-10(15)8-18(9)11/h5-6,8H,7H2,1-4H3,(H,17,19). The monoisotopic (exact) mass is 263 g/mol. The maximum atomic E-state index is 13.2. The molecule has 2 aromatic rings. The van der Waals surface area contributed by atoms with Crippen molar-refractivity contribution in [2.45, 2.75) is 34.1 Å². The molecule has 0 aliphatic heterocycles. The lowest BCUT2D eigenvalue weighted by atomic mass is 9.92. The number of halogens is 1. The van der Waals surface area contributed by atoms with Gasteiger partial charge in [-0.05, 0) is 24.5 Å². The summed E-state index contributed by atoms with van der Waals surface area (Å²) in [5.41, 5.74) is 1.25. The third-order valence-electron chi connectivity index (χ3n) is 2.77. The van der Waals surface area contributed by atoms with E-state index in [0.717, 1.165) is 5.69 Å². The van der Waals surface area contributed by atoms with Crippen molar-refractivity contribution in [3.05, 3.63) is 29.8 Å². The number of fused-ring (bicyclic) bond motifs is 1. The van der Waals surface area contributed by atoms with Gasteiger partial charge in [0, 0.05) is 12.6 Å². The fraction of sp³-hybridized carbons (Fsp3) is 0.429. The number of carbonyl (C=O) groups is 1. The van der Waals surface area contributed by atoms with E-state index in [-0.39, 0.29) is 17.1 Å². The molecule has 0 aromatic carbocycles. The first-order valence-corrected chi connectivity index (χ1v) is 6.20. The van der Waals surface area contributed by atoms with Crippen LogP contribution in [0.4, 0.5) is 10.2 Å². The molecule has 0 saturated carbocycles. The van der Waals surface area contributed by atoms with Crippen LogP contribution in [0.5, 0.6) is 0 Å². The summed E-state index contributed by atoms with van der Waals surface area (Å²) in [6.07, 6.45) is 1.77.